The van der Waals surface area contributed by atoms with Crippen molar-refractivity contribution in [2.45, 2.75) is 97.8 Å². The van der Waals surface area contributed by atoms with Crippen LogP contribution in [0.4, 0.5) is 17.1 Å². The molecule has 7 aromatic rings. The Hall–Kier alpha value is -5.00. The molecule has 3 nitrogen and oxygen atoms in total. The summed E-state index contributed by atoms with van der Waals surface area (Å²) in [5, 5.41) is 2.64. The second-order valence-electron chi connectivity index (χ2n) is 19.3. The summed E-state index contributed by atoms with van der Waals surface area (Å²) < 4.78 is 16.9. The Balaban J connectivity index is 1.20. The van der Waals surface area contributed by atoms with Crippen LogP contribution in [0.25, 0.3) is 20.2 Å². The van der Waals surface area contributed by atoms with Crippen molar-refractivity contribution in [3.05, 3.63) is 131 Å². The number of aryl methyl sites for hydroxylation is 2. The van der Waals surface area contributed by atoms with Crippen molar-refractivity contribution in [1.82, 2.24) is 0 Å². The summed E-state index contributed by atoms with van der Waals surface area (Å²) >= 11 is 1.92. The molecular formula is C51H50BNO2S. The first-order valence-corrected chi connectivity index (χ1v) is 21.1. The number of anilines is 3. The van der Waals surface area contributed by atoms with E-state index in [-0.39, 0.29) is 23.0 Å². The molecule has 1 aromatic heterocycles. The van der Waals surface area contributed by atoms with Gasteiger partial charge in [-0.15, -0.1) is 11.3 Å². The van der Waals surface area contributed by atoms with Gasteiger partial charge in [-0.2, -0.15) is 0 Å². The van der Waals surface area contributed by atoms with Crippen molar-refractivity contribution in [2.75, 3.05) is 4.90 Å². The van der Waals surface area contributed by atoms with E-state index in [0.29, 0.717) is 0 Å². The SMILES string of the molecule is CC(C)(C)c1ccc(N(c2ccc(C(C)(C)C)cc2)c2cc3c4c(c2)Oc2c(ccc5c2sc2c6c(ccc25)CCC6)B4c2cc(C(C)(C)C)ccc2O3)cc1. The number of fused-ring (bicyclic) bond motifs is 10. The zero-order chi connectivity index (χ0) is 38.9. The molecule has 5 heteroatoms. The molecule has 0 saturated heterocycles. The number of ether oxygens (including phenoxy) is 2. The monoisotopic (exact) mass is 751 g/mol. The predicted octanol–water partition coefficient (Wildman–Crippen LogP) is 12.6. The lowest BCUT2D eigenvalue weighted by Crippen LogP contribution is -2.57. The summed E-state index contributed by atoms with van der Waals surface area (Å²) in [6.45, 7) is 20.5. The molecule has 0 N–H and O–H groups in total. The zero-order valence-corrected chi connectivity index (χ0v) is 35.0. The van der Waals surface area contributed by atoms with Gasteiger partial charge in [-0.05, 0) is 105 Å². The van der Waals surface area contributed by atoms with Gasteiger partial charge in [-0.1, -0.05) is 123 Å². The predicted molar refractivity (Wildman–Crippen MR) is 240 cm³/mol. The highest BCUT2D eigenvalue weighted by molar-refractivity contribution is 7.26. The van der Waals surface area contributed by atoms with E-state index in [0.717, 1.165) is 51.9 Å². The van der Waals surface area contributed by atoms with E-state index in [1.807, 2.05) is 11.3 Å². The minimum atomic E-state index is -0.0187. The fourth-order valence-electron chi connectivity index (χ4n) is 9.17. The third kappa shape index (κ3) is 5.60. The van der Waals surface area contributed by atoms with Crippen LogP contribution in [0.15, 0.2) is 103 Å². The first-order valence-electron chi connectivity index (χ1n) is 20.3. The topological polar surface area (TPSA) is 21.7 Å². The Kier molecular flexibility index (Phi) is 7.75. The van der Waals surface area contributed by atoms with Gasteiger partial charge in [0.2, 0.25) is 0 Å². The van der Waals surface area contributed by atoms with Crippen molar-refractivity contribution < 1.29 is 9.47 Å². The zero-order valence-electron chi connectivity index (χ0n) is 34.2. The Morgan fingerprint density at radius 1 is 0.518 bits per heavy atom. The number of rotatable bonds is 3. The third-order valence-electron chi connectivity index (χ3n) is 12.4. The van der Waals surface area contributed by atoms with E-state index < -0.39 is 0 Å². The highest BCUT2D eigenvalue weighted by atomic mass is 32.1. The van der Waals surface area contributed by atoms with Gasteiger partial charge in [0.15, 0.2) is 0 Å². The number of hydrogen-bond donors (Lipinski definition) is 0. The number of nitrogens with zero attached hydrogens (tertiary/aromatic N) is 1. The first-order chi connectivity index (χ1) is 26.6. The van der Waals surface area contributed by atoms with E-state index in [9.17, 15) is 0 Å². The summed E-state index contributed by atoms with van der Waals surface area (Å²) in [6.07, 6.45) is 3.57. The van der Waals surface area contributed by atoms with Crippen molar-refractivity contribution in [1.29, 1.82) is 0 Å². The van der Waals surface area contributed by atoms with Crippen LogP contribution in [0, 0.1) is 0 Å². The molecule has 280 valence electrons. The maximum atomic E-state index is 7.29. The highest BCUT2D eigenvalue weighted by Gasteiger charge is 2.42. The van der Waals surface area contributed by atoms with Crippen molar-refractivity contribution in [3.63, 3.8) is 0 Å². The van der Waals surface area contributed by atoms with E-state index in [1.165, 1.54) is 71.8 Å². The Morgan fingerprint density at radius 2 is 1.09 bits per heavy atom. The van der Waals surface area contributed by atoms with Crippen LogP contribution in [0.1, 0.15) is 96.6 Å². The van der Waals surface area contributed by atoms with Crippen molar-refractivity contribution in [3.8, 4) is 23.0 Å². The normalized spacial score (nSPS) is 14.6. The third-order valence-corrected chi connectivity index (χ3v) is 13.7. The molecule has 2 aliphatic heterocycles. The van der Waals surface area contributed by atoms with E-state index in [1.54, 1.807) is 0 Å². The Bertz CT molecular complexity index is 2660. The van der Waals surface area contributed by atoms with Crippen LogP contribution in [-0.2, 0) is 29.1 Å². The largest absolute Gasteiger partial charge is 0.458 e. The lowest BCUT2D eigenvalue weighted by Gasteiger charge is -2.36. The molecule has 3 aliphatic rings. The number of benzene rings is 6. The fraction of sp³-hybridized carbons (Fsp3) is 0.294. The van der Waals surface area contributed by atoms with E-state index in [4.69, 9.17) is 9.47 Å². The smallest absolute Gasteiger partial charge is 0.260 e. The second kappa shape index (κ2) is 12.3. The van der Waals surface area contributed by atoms with Gasteiger partial charge in [0.25, 0.3) is 6.71 Å². The Morgan fingerprint density at radius 3 is 1.71 bits per heavy atom. The van der Waals surface area contributed by atoms with Crippen LogP contribution >= 0.6 is 11.3 Å². The summed E-state index contributed by atoms with van der Waals surface area (Å²) in [7, 11) is 0. The van der Waals surface area contributed by atoms with Crippen LogP contribution < -0.4 is 30.8 Å². The summed E-state index contributed by atoms with van der Waals surface area (Å²) in [5.41, 5.74) is 13.8. The molecule has 0 saturated carbocycles. The highest BCUT2D eigenvalue weighted by Crippen LogP contribution is 2.48. The minimum Gasteiger partial charge on any atom is -0.458 e. The number of thiophene rings is 1. The van der Waals surface area contributed by atoms with Gasteiger partial charge in [0.05, 0.1) is 10.4 Å². The summed E-state index contributed by atoms with van der Waals surface area (Å²) in [5.74, 6) is 3.61. The number of hydrogen-bond acceptors (Lipinski definition) is 4. The molecule has 0 bridgehead atoms. The standard InChI is InChI=1S/C51H50BNO2S/c1-49(2,3)31-14-19-34(20-15-31)53(35-21-16-32(17-22-35)50(4,5)6)36-28-43-45-44(29-36)55-46-40(52(45)41-27-33(51(7,8)9)18-26-42(41)54-43)25-24-39-38-23-13-30-11-10-12-37(30)47(38)56-48(39)46/h13-29H,10-12H2,1-9H3. The van der Waals surface area contributed by atoms with Gasteiger partial charge in [0.1, 0.15) is 23.0 Å². The molecule has 0 amide bonds. The van der Waals surface area contributed by atoms with Gasteiger partial charge in [-0.3, -0.25) is 0 Å². The van der Waals surface area contributed by atoms with Crippen LogP contribution in [0.3, 0.4) is 0 Å². The van der Waals surface area contributed by atoms with Crippen molar-refractivity contribution in [2.24, 2.45) is 0 Å². The summed E-state index contributed by atoms with van der Waals surface area (Å²) in [4.78, 5) is 2.36. The maximum Gasteiger partial charge on any atom is 0.260 e. The molecular weight excluding hydrogens is 701 g/mol. The quantitative estimate of drug-likeness (QED) is 0.168. The van der Waals surface area contributed by atoms with Crippen molar-refractivity contribution >= 4 is 71.7 Å². The summed E-state index contributed by atoms with van der Waals surface area (Å²) in [6, 6.07) is 38.8. The average molecular weight is 752 g/mol. The maximum absolute atomic E-state index is 7.29. The molecule has 0 unspecified atom stereocenters. The fourth-order valence-corrected chi connectivity index (χ4v) is 10.6. The molecule has 0 radical (unpaired) electrons. The van der Waals surface area contributed by atoms with Gasteiger partial charge < -0.3 is 14.4 Å². The van der Waals surface area contributed by atoms with Crippen LogP contribution in [-0.4, -0.2) is 6.71 Å². The van der Waals surface area contributed by atoms with E-state index >= 15 is 0 Å². The van der Waals surface area contributed by atoms with Gasteiger partial charge >= 0.3 is 0 Å². The molecule has 6 aromatic carbocycles. The lowest BCUT2D eigenvalue weighted by atomic mass is 9.34. The molecule has 3 heterocycles. The molecule has 1 aliphatic carbocycles. The molecule has 0 atom stereocenters. The van der Waals surface area contributed by atoms with E-state index in [2.05, 4.69) is 170 Å². The van der Waals surface area contributed by atoms with Gasteiger partial charge in [-0.25, -0.2) is 0 Å². The van der Waals surface area contributed by atoms with Crippen LogP contribution in [0.5, 0.6) is 23.0 Å². The second-order valence-corrected chi connectivity index (χ2v) is 20.3. The average Bonchev–Trinajstić information content (AvgIpc) is 3.79. The van der Waals surface area contributed by atoms with Crippen LogP contribution in [0.2, 0.25) is 0 Å². The lowest BCUT2D eigenvalue weighted by molar-refractivity contribution is 0.467. The molecule has 56 heavy (non-hydrogen) atoms. The first kappa shape index (κ1) is 35.4. The minimum absolute atomic E-state index is 0.00260. The molecule has 0 spiro atoms. The molecule has 0 fully saturated rings. The van der Waals surface area contributed by atoms with Gasteiger partial charge in [0, 0.05) is 44.4 Å². The molecule has 10 rings (SSSR count). The Labute approximate surface area is 336 Å².